The van der Waals surface area contributed by atoms with Gasteiger partial charge in [-0.3, -0.25) is 9.89 Å². The van der Waals surface area contributed by atoms with Gasteiger partial charge in [-0.1, -0.05) is 0 Å². The van der Waals surface area contributed by atoms with E-state index in [0.29, 0.717) is 12.6 Å². The normalized spacial score (nSPS) is 22.5. The van der Waals surface area contributed by atoms with Gasteiger partial charge in [0.1, 0.15) is 5.82 Å². The molecule has 24 heavy (non-hydrogen) atoms. The van der Waals surface area contributed by atoms with Gasteiger partial charge in [0.15, 0.2) is 11.8 Å². The SMILES string of the molecule is CN=C(NCc1nnc(C)n1C)N1CCC(N2CCOCC2)C1.I. The molecule has 8 nitrogen and oxygen atoms in total. The van der Waals surface area contributed by atoms with E-state index in [1.165, 1.54) is 6.42 Å². The van der Waals surface area contributed by atoms with Gasteiger partial charge in [0.25, 0.3) is 0 Å². The summed E-state index contributed by atoms with van der Waals surface area (Å²) in [6.07, 6.45) is 1.18. The Labute approximate surface area is 160 Å². The van der Waals surface area contributed by atoms with Crippen molar-refractivity contribution in [2.75, 3.05) is 46.4 Å². The van der Waals surface area contributed by atoms with Crippen molar-refractivity contribution in [2.45, 2.75) is 25.9 Å². The zero-order chi connectivity index (χ0) is 16.2. The minimum absolute atomic E-state index is 0. The summed E-state index contributed by atoms with van der Waals surface area (Å²) in [6, 6.07) is 0.606. The largest absolute Gasteiger partial charge is 0.379 e. The molecule has 0 saturated carbocycles. The van der Waals surface area contributed by atoms with Crippen LogP contribution in [0.4, 0.5) is 0 Å². The Morgan fingerprint density at radius 1 is 1.29 bits per heavy atom. The molecule has 9 heteroatoms. The van der Waals surface area contributed by atoms with E-state index in [-0.39, 0.29) is 24.0 Å². The fraction of sp³-hybridized carbons (Fsp3) is 0.800. The molecule has 0 aromatic carbocycles. The minimum Gasteiger partial charge on any atom is -0.379 e. The summed E-state index contributed by atoms with van der Waals surface area (Å²) in [5, 5.41) is 11.7. The number of aryl methyl sites for hydroxylation is 1. The first-order valence-corrected chi connectivity index (χ1v) is 8.31. The molecule has 2 aliphatic heterocycles. The Hall–Kier alpha value is -0.940. The average molecular weight is 449 g/mol. The molecule has 3 rings (SSSR count). The standard InChI is InChI=1S/C15H27N7O.HI/c1-12-18-19-14(20(12)3)10-17-15(16-2)22-5-4-13(11-22)21-6-8-23-9-7-21;/h13H,4-11H2,1-3H3,(H,16,17);1H. The molecule has 2 fully saturated rings. The number of aromatic nitrogens is 3. The van der Waals surface area contributed by atoms with E-state index >= 15 is 0 Å². The quantitative estimate of drug-likeness (QED) is 0.405. The van der Waals surface area contributed by atoms with Gasteiger partial charge >= 0.3 is 0 Å². The lowest BCUT2D eigenvalue weighted by atomic mass is 10.2. The highest BCUT2D eigenvalue weighted by Gasteiger charge is 2.30. The third-order valence-corrected chi connectivity index (χ3v) is 4.82. The van der Waals surface area contributed by atoms with Crippen LogP contribution in [0.2, 0.25) is 0 Å². The number of ether oxygens (including phenoxy) is 1. The Morgan fingerprint density at radius 3 is 2.67 bits per heavy atom. The van der Waals surface area contributed by atoms with Crippen LogP contribution in [-0.2, 0) is 18.3 Å². The lowest BCUT2D eigenvalue weighted by Crippen LogP contribution is -2.46. The Bertz CT molecular complexity index is 556. The van der Waals surface area contributed by atoms with Crippen molar-refractivity contribution in [3.05, 3.63) is 11.6 Å². The lowest BCUT2D eigenvalue weighted by molar-refractivity contribution is 0.0195. The summed E-state index contributed by atoms with van der Waals surface area (Å²) in [5.41, 5.74) is 0. The van der Waals surface area contributed by atoms with Crippen molar-refractivity contribution in [3.63, 3.8) is 0 Å². The number of likely N-dealkylation sites (tertiary alicyclic amines) is 1. The number of halogens is 1. The van der Waals surface area contributed by atoms with Gasteiger partial charge in [0.05, 0.1) is 19.8 Å². The number of nitrogens with one attached hydrogen (secondary N) is 1. The molecule has 2 aliphatic rings. The number of nitrogens with zero attached hydrogens (tertiary/aromatic N) is 6. The summed E-state index contributed by atoms with van der Waals surface area (Å²) < 4.78 is 7.45. The maximum Gasteiger partial charge on any atom is 0.194 e. The molecule has 1 N–H and O–H groups in total. The fourth-order valence-corrected chi connectivity index (χ4v) is 3.27. The van der Waals surface area contributed by atoms with Crippen LogP contribution in [0.1, 0.15) is 18.1 Å². The highest BCUT2D eigenvalue weighted by atomic mass is 127. The zero-order valence-corrected chi connectivity index (χ0v) is 17.1. The van der Waals surface area contributed by atoms with Gasteiger partial charge in [0.2, 0.25) is 0 Å². The molecule has 0 radical (unpaired) electrons. The summed E-state index contributed by atoms with van der Waals surface area (Å²) in [7, 11) is 3.83. The number of hydrogen-bond acceptors (Lipinski definition) is 5. The van der Waals surface area contributed by atoms with Gasteiger partial charge in [-0.05, 0) is 13.3 Å². The molecule has 0 spiro atoms. The minimum atomic E-state index is 0. The number of morpholine rings is 1. The third kappa shape index (κ3) is 4.37. The highest BCUT2D eigenvalue weighted by molar-refractivity contribution is 14.0. The molecule has 0 bridgehead atoms. The average Bonchev–Trinajstić information content (AvgIpc) is 3.19. The number of guanidine groups is 1. The predicted molar refractivity (Wildman–Crippen MR) is 104 cm³/mol. The number of aliphatic imine (C=N–C) groups is 1. The first-order chi connectivity index (χ1) is 11.2. The molecule has 1 aromatic heterocycles. The third-order valence-electron chi connectivity index (χ3n) is 4.82. The molecule has 1 unspecified atom stereocenters. The van der Waals surface area contributed by atoms with Crippen LogP contribution in [-0.4, -0.2) is 83.0 Å². The van der Waals surface area contributed by atoms with E-state index < -0.39 is 0 Å². The van der Waals surface area contributed by atoms with Crippen molar-refractivity contribution in [3.8, 4) is 0 Å². The van der Waals surface area contributed by atoms with Gasteiger partial charge in [-0.25, -0.2) is 0 Å². The number of hydrogen-bond donors (Lipinski definition) is 1. The summed E-state index contributed by atoms with van der Waals surface area (Å²) in [5.74, 6) is 2.79. The van der Waals surface area contributed by atoms with E-state index in [0.717, 1.165) is 57.0 Å². The Balaban J connectivity index is 0.00000208. The van der Waals surface area contributed by atoms with E-state index in [9.17, 15) is 0 Å². The highest BCUT2D eigenvalue weighted by Crippen LogP contribution is 2.17. The van der Waals surface area contributed by atoms with Gasteiger partial charge in [-0.2, -0.15) is 0 Å². The second-order valence-corrected chi connectivity index (χ2v) is 6.16. The van der Waals surface area contributed by atoms with Crippen LogP contribution in [0.3, 0.4) is 0 Å². The second kappa shape index (κ2) is 8.95. The molecule has 2 saturated heterocycles. The van der Waals surface area contributed by atoms with Crippen molar-refractivity contribution < 1.29 is 4.74 Å². The molecule has 3 heterocycles. The van der Waals surface area contributed by atoms with Crippen LogP contribution in [0.25, 0.3) is 0 Å². The summed E-state index contributed by atoms with van der Waals surface area (Å²) in [4.78, 5) is 9.31. The maximum atomic E-state index is 5.45. The van der Waals surface area contributed by atoms with E-state index in [1.807, 2.05) is 25.6 Å². The van der Waals surface area contributed by atoms with Gasteiger partial charge in [-0.15, -0.1) is 34.2 Å². The van der Waals surface area contributed by atoms with E-state index in [2.05, 4.69) is 30.3 Å². The van der Waals surface area contributed by atoms with Crippen molar-refractivity contribution in [1.29, 1.82) is 0 Å². The monoisotopic (exact) mass is 449 g/mol. The van der Waals surface area contributed by atoms with E-state index in [1.54, 1.807) is 0 Å². The van der Waals surface area contributed by atoms with Gasteiger partial charge in [0, 0.05) is 46.3 Å². The zero-order valence-electron chi connectivity index (χ0n) is 14.7. The number of rotatable bonds is 3. The molecule has 0 amide bonds. The Morgan fingerprint density at radius 2 is 2.04 bits per heavy atom. The Kier molecular flexibility index (Phi) is 7.23. The molecular formula is C15H28IN7O. The molecule has 1 aromatic rings. The summed E-state index contributed by atoms with van der Waals surface area (Å²) >= 11 is 0. The maximum absolute atomic E-state index is 5.45. The van der Waals surface area contributed by atoms with Crippen LogP contribution in [0.5, 0.6) is 0 Å². The lowest BCUT2D eigenvalue weighted by Gasteiger charge is -2.32. The van der Waals surface area contributed by atoms with Crippen molar-refractivity contribution in [1.82, 2.24) is 29.9 Å². The molecular weight excluding hydrogens is 421 g/mol. The van der Waals surface area contributed by atoms with Crippen LogP contribution < -0.4 is 5.32 Å². The predicted octanol–water partition coefficient (Wildman–Crippen LogP) is 0.223. The topological polar surface area (TPSA) is 70.8 Å². The summed E-state index contributed by atoms with van der Waals surface area (Å²) in [6.45, 7) is 8.47. The van der Waals surface area contributed by atoms with Crippen LogP contribution in [0.15, 0.2) is 4.99 Å². The van der Waals surface area contributed by atoms with E-state index in [4.69, 9.17) is 4.74 Å². The molecule has 1 atom stereocenters. The second-order valence-electron chi connectivity index (χ2n) is 6.16. The van der Waals surface area contributed by atoms with Crippen molar-refractivity contribution >= 4 is 29.9 Å². The fourth-order valence-electron chi connectivity index (χ4n) is 3.27. The molecule has 0 aliphatic carbocycles. The van der Waals surface area contributed by atoms with Gasteiger partial charge < -0.3 is 19.5 Å². The first kappa shape index (κ1) is 19.4. The van der Waals surface area contributed by atoms with Crippen LogP contribution in [0, 0.1) is 6.92 Å². The molecule has 136 valence electrons. The smallest absolute Gasteiger partial charge is 0.194 e. The first-order valence-electron chi connectivity index (χ1n) is 8.31. The van der Waals surface area contributed by atoms with Crippen molar-refractivity contribution in [2.24, 2.45) is 12.0 Å². The van der Waals surface area contributed by atoms with Crippen LogP contribution >= 0.6 is 24.0 Å².